The Morgan fingerprint density at radius 1 is 0.971 bits per heavy atom. The van der Waals surface area contributed by atoms with Crippen molar-refractivity contribution < 1.29 is 0 Å². The second-order valence-corrected chi connectivity index (χ2v) is 10.4. The highest BCUT2D eigenvalue weighted by atomic mass is 32.2. The first kappa shape index (κ1) is 25.9. The molecule has 1 aliphatic carbocycles. The van der Waals surface area contributed by atoms with Crippen molar-refractivity contribution in [1.82, 2.24) is 14.2 Å². The number of unbranched alkanes of at least 4 members (excludes halogenated alkanes) is 1. The summed E-state index contributed by atoms with van der Waals surface area (Å²) in [5, 5.41) is 0. The molecule has 2 N–H and O–H groups in total. The quantitative estimate of drug-likeness (QED) is 0.267. The molecule has 0 fully saturated rings. The number of nitrogens with two attached hydrogens (primary N) is 1. The second kappa shape index (κ2) is 13.2. The van der Waals surface area contributed by atoms with E-state index in [4.69, 9.17) is 10.7 Å². The molecule has 4 nitrogen and oxygen atoms in total. The fourth-order valence-corrected chi connectivity index (χ4v) is 6.24. The summed E-state index contributed by atoms with van der Waals surface area (Å²) in [6.07, 6.45) is 7.75. The SMILES string of the molecule is CC.NCCCCN(Cc1cccc(SN2Cc3ccccc3C2)c1)C1CCCc2cccnc21. The summed E-state index contributed by atoms with van der Waals surface area (Å²) < 4.78 is 2.46. The molecular weight excluding hydrogens is 448 g/mol. The minimum absolute atomic E-state index is 0.400. The fourth-order valence-electron chi connectivity index (χ4n) is 5.20. The van der Waals surface area contributed by atoms with Gasteiger partial charge >= 0.3 is 0 Å². The summed E-state index contributed by atoms with van der Waals surface area (Å²) in [4.78, 5) is 8.79. The summed E-state index contributed by atoms with van der Waals surface area (Å²) in [5.74, 6) is 0. The van der Waals surface area contributed by atoms with Gasteiger partial charge in [0.25, 0.3) is 0 Å². The molecule has 0 radical (unpaired) electrons. The molecular formula is C30H40N4S. The van der Waals surface area contributed by atoms with Gasteiger partial charge in [-0.1, -0.05) is 56.3 Å². The van der Waals surface area contributed by atoms with Crippen LogP contribution in [0.25, 0.3) is 0 Å². The van der Waals surface area contributed by atoms with E-state index in [-0.39, 0.29) is 0 Å². The predicted molar refractivity (Wildman–Crippen MR) is 148 cm³/mol. The monoisotopic (exact) mass is 488 g/mol. The number of hydrogen-bond acceptors (Lipinski definition) is 5. The zero-order chi connectivity index (χ0) is 24.5. The number of benzene rings is 2. The number of hydrogen-bond donors (Lipinski definition) is 1. The highest BCUT2D eigenvalue weighted by molar-refractivity contribution is 7.97. The minimum Gasteiger partial charge on any atom is -0.330 e. The molecule has 0 saturated heterocycles. The largest absolute Gasteiger partial charge is 0.330 e. The molecule has 5 heteroatoms. The van der Waals surface area contributed by atoms with Crippen LogP contribution in [0.5, 0.6) is 0 Å². The molecule has 0 saturated carbocycles. The lowest BCUT2D eigenvalue weighted by Gasteiger charge is -2.35. The smallest absolute Gasteiger partial charge is 0.0607 e. The molecule has 0 spiro atoms. The van der Waals surface area contributed by atoms with Gasteiger partial charge in [0, 0.05) is 30.7 Å². The van der Waals surface area contributed by atoms with Crippen molar-refractivity contribution in [3.63, 3.8) is 0 Å². The van der Waals surface area contributed by atoms with Gasteiger partial charge in [-0.25, -0.2) is 4.31 Å². The average molecular weight is 489 g/mol. The molecule has 1 atom stereocenters. The van der Waals surface area contributed by atoms with Crippen LogP contribution >= 0.6 is 11.9 Å². The summed E-state index contributed by atoms with van der Waals surface area (Å²) in [6.45, 7) is 8.82. The van der Waals surface area contributed by atoms with Gasteiger partial charge in [0.2, 0.25) is 0 Å². The molecule has 1 unspecified atom stereocenters. The van der Waals surface area contributed by atoms with Crippen molar-refractivity contribution in [2.24, 2.45) is 5.73 Å². The number of aryl methyl sites for hydroxylation is 1. The first-order chi connectivity index (χ1) is 17.3. The molecule has 1 aliphatic heterocycles. The first-order valence-corrected chi connectivity index (χ1v) is 14.0. The molecule has 186 valence electrons. The number of aromatic nitrogens is 1. The van der Waals surface area contributed by atoms with Gasteiger partial charge in [0.1, 0.15) is 0 Å². The van der Waals surface area contributed by atoms with Gasteiger partial charge in [-0.2, -0.15) is 0 Å². The fraction of sp³-hybridized carbons (Fsp3) is 0.433. The van der Waals surface area contributed by atoms with Crippen molar-refractivity contribution in [2.75, 3.05) is 13.1 Å². The summed E-state index contributed by atoms with van der Waals surface area (Å²) in [5.41, 5.74) is 12.8. The molecule has 0 amide bonds. The van der Waals surface area contributed by atoms with E-state index in [0.717, 1.165) is 52.0 Å². The van der Waals surface area contributed by atoms with Crippen LogP contribution in [-0.2, 0) is 26.1 Å². The first-order valence-electron chi connectivity index (χ1n) is 13.3. The van der Waals surface area contributed by atoms with Crippen LogP contribution in [0.2, 0.25) is 0 Å². The molecule has 0 bridgehead atoms. The van der Waals surface area contributed by atoms with Gasteiger partial charge in [-0.3, -0.25) is 9.88 Å². The second-order valence-electron chi connectivity index (χ2n) is 9.23. The van der Waals surface area contributed by atoms with Crippen molar-refractivity contribution in [2.45, 2.75) is 76.5 Å². The van der Waals surface area contributed by atoms with Gasteiger partial charge in [0.15, 0.2) is 0 Å². The van der Waals surface area contributed by atoms with Crippen LogP contribution in [0.3, 0.4) is 0 Å². The third kappa shape index (κ3) is 6.73. The van der Waals surface area contributed by atoms with Crippen molar-refractivity contribution in [3.05, 3.63) is 94.8 Å². The van der Waals surface area contributed by atoms with Crippen molar-refractivity contribution >= 4 is 11.9 Å². The van der Waals surface area contributed by atoms with E-state index in [2.05, 4.69) is 69.9 Å². The molecule has 2 aliphatic rings. The van der Waals surface area contributed by atoms with Crippen molar-refractivity contribution in [3.8, 4) is 0 Å². The summed E-state index contributed by atoms with van der Waals surface area (Å²) in [7, 11) is 0. The Morgan fingerprint density at radius 3 is 2.51 bits per heavy atom. The Bertz CT molecular complexity index is 1040. The molecule has 35 heavy (non-hydrogen) atoms. The summed E-state index contributed by atoms with van der Waals surface area (Å²) in [6, 6.07) is 22.7. The van der Waals surface area contributed by atoms with Gasteiger partial charge in [-0.15, -0.1) is 0 Å². The molecule has 2 heterocycles. The Labute approximate surface area is 216 Å². The Balaban J connectivity index is 0.00000141. The van der Waals surface area contributed by atoms with E-state index in [9.17, 15) is 0 Å². The highest BCUT2D eigenvalue weighted by Gasteiger charge is 2.27. The van der Waals surface area contributed by atoms with Crippen LogP contribution in [0.4, 0.5) is 0 Å². The van der Waals surface area contributed by atoms with E-state index in [1.54, 1.807) is 0 Å². The molecule has 1 aromatic heterocycles. The van der Waals surface area contributed by atoms with Crippen molar-refractivity contribution in [1.29, 1.82) is 0 Å². The number of pyridine rings is 1. The summed E-state index contributed by atoms with van der Waals surface area (Å²) >= 11 is 1.88. The van der Waals surface area contributed by atoms with Crippen LogP contribution in [0, 0.1) is 0 Å². The van der Waals surface area contributed by atoms with Gasteiger partial charge in [-0.05, 0) is 97.6 Å². The minimum atomic E-state index is 0.400. The third-order valence-electron chi connectivity index (χ3n) is 6.84. The average Bonchev–Trinajstić information content (AvgIpc) is 3.31. The molecule has 2 aromatic carbocycles. The lowest BCUT2D eigenvalue weighted by molar-refractivity contribution is 0.163. The predicted octanol–water partition coefficient (Wildman–Crippen LogP) is 6.75. The van der Waals surface area contributed by atoms with Gasteiger partial charge in [0.05, 0.1) is 11.7 Å². The molecule has 3 aromatic rings. The maximum Gasteiger partial charge on any atom is 0.0607 e. The Kier molecular flexibility index (Phi) is 9.78. The standard InChI is InChI=1S/C28H34N4S.C2H6/c29-15-3-4-17-31(27-14-6-11-23-12-7-16-30-28(23)27)19-22-8-5-13-26(18-22)33-32-20-24-9-1-2-10-25(24)21-32;1-2/h1-2,5,7-10,12-13,16,18,27H,3-4,6,11,14-15,17,19-21,29H2;1-2H3. The zero-order valence-electron chi connectivity index (χ0n) is 21.3. The Morgan fingerprint density at radius 2 is 1.74 bits per heavy atom. The van der Waals surface area contributed by atoms with E-state index >= 15 is 0 Å². The van der Waals surface area contributed by atoms with E-state index < -0.39 is 0 Å². The highest BCUT2D eigenvalue weighted by Crippen LogP contribution is 2.36. The molecule has 5 rings (SSSR count). The lowest BCUT2D eigenvalue weighted by Crippen LogP contribution is -2.32. The van der Waals surface area contributed by atoms with Crippen LogP contribution in [-0.4, -0.2) is 27.3 Å². The maximum absolute atomic E-state index is 5.81. The van der Waals surface area contributed by atoms with Crippen LogP contribution in [0.15, 0.2) is 71.8 Å². The number of rotatable bonds is 9. The lowest BCUT2D eigenvalue weighted by atomic mass is 9.90. The van der Waals surface area contributed by atoms with Crippen LogP contribution < -0.4 is 5.73 Å². The zero-order valence-corrected chi connectivity index (χ0v) is 22.1. The Hall–Kier alpha value is -2.18. The van der Waals surface area contributed by atoms with E-state index in [0.29, 0.717) is 6.04 Å². The topological polar surface area (TPSA) is 45.4 Å². The number of fused-ring (bicyclic) bond motifs is 2. The van der Waals surface area contributed by atoms with Gasteiger partial charge < -0.3 is 5.73 Å². The number of nitrogens with zero attached hydrogens (tertiary/aromatic N) is 3. The maximum atomic E-state index is 5.81. The normalized spacial score (nSPS) is 17.0. The van der Waals surface area contributed by atoms with E-state index in [1.807, 2.05) is 32.0 Å². The van der Waals surface area contributed by atoms with E-state index in [1.165, 1.54) is 45.7 Å². The van der Waals surface area contributed by atoms with Crippen LogP contribution in [0.1, 0.15) is 73.5 Å². The third-order valence-corrected chi connectivity index (χ3v) is 7.82.